The minimum absolute atomic E-state index is 0.130. The molecule has 2 aromatic rings. The summed E-state index contributed by atoms with van der Waals surface area (Å²) in [5, 5.41) is 9.06. The summed E-state index contributed by atoms with van der Waals surface area (Å²) in [6, 6.07) is 12.0. The van der Waals surface area contributed by atoms with Gasteiger partial charge >= 0.3 is 6.36 Å². The molecule has 0 bridgehead atoms. The molecule has 3 nitrogen and oxygen atoms in total. The van der Waals surface area contributed by atoms with Gasteiger partial charge in [0.1, 0.15) is 17.4 Å². The highest BCUT2D eigenvalue weighted by molar-refractivity contribution is 9.10. The number of ether oxygens (including phenoxy) is 2. The Kier molecular flexibility index (Phi) is 4.38. The van der Waals surface area contributed by atoms with E-state index in [2.05, 4.69) is 20.7 Å². The quantitative estimate of drug-likeness (QED) is 0.775. The number of para-hydroxylation sites is 2. The smallest absolute Gasteiger partial charge is 0.452 e. The molecule has 0 atom stereocenters. The normalized spacial score (nSPS) is 10.8. The summed E-state index contributed by atoms with van der Waals surface area (Å²) in [7, 11) is 0. The Bertz CT molecular complexity index is 695. The van der Waals surface area contributed by atoms with Gasteiger partial charge in [0.25, 0.3) is 0 Å². The lowest BCUT2D eigenvalue weighted by Crippen LogP contribution is -2.17. The number of nitrogens with zero attached hydrogens (tertiary/aromatic N) is 1. The molecule has 0 radical (unpaired) electrons. The molecule has 0 saturated carbocycles. The zero-order chi connectivity index (χ0) is 15.5. The van der Waals surface area contributed by atoms with Crippen LogP contribution in [0, 0.1) is 11.3 Å². The number of rotatable bonds is 3. The third-order valence-electron chi connectivity index (χ3n) is 2.38. The first-order chi connectivity index (χ1) is 9.90. The van der Waals surface area contributed by atoms with Gasteiger partial charge in [-0.05, 0) is 40.2 Å². The fourth-order valence-electron chi connectivity index (χ4n) is 1.56. The summed E-state index contributed by atoms with van der Waals surface area (Å²) in [5.74, 6) is -0.483. The van der Waals surface area contributed by atoms with E-state index in [1.165, 1.54) is 24.3 Å². The SMILES string of the molecule is N#Cc1c(Br)cccc1Oc1ccccc1OC(F)(F)F. The van der Waals surface area contributed by atoms with Gasteiger partial charge < -0.3 is 9.47 Å². The summed E-state index contributed by atoms with van der Waals surface area (Å²) in [6.45, 7) is 0. The Morgan fingerprint density at radius 3 is 2.19 bits per heavy atom. The molecular formula is C14H7BrF3NO2. The van der Waals surface area contributed by atoms with Crippen molar-refractivity contribution in [2.45, 2.75) is 6.36 Å². The molecule has 7 heteroatoms. The van der Waals surface area contributed by atoms with Crippen LogP contribution >= 0.6 is 15.9 Å². The minimum Gasteiger partial charge on any atom is -0.452 e. The van der Waals surface area contributed by atoms with Crippen molar-refractivity contribution < 1.29 is 22.6 Å². The third kappa shape index (κ3) is 3.89. The fourth-order valence-corrected chi connectivity index (χ4v) is 2.00. The van der Waals surface area contributed by atoms with Crippen molar-refractivity contribution >= 4 is 15.9 Å². The molecule has 2 rings (SSSR count). The van der Waals surface area contributed by atoms with Crippen molar-refractivity contribution in [3.63, 3.8) is 0 Å². The van der Waals surface area contributed by atoms with Crippen LogP contribution in [0.4, 0.5) is 13.2 Å². The standard InChI is InChI=1S/C14H7BrF3NO2/c15-10-4-3-7-11(9(10)8-19)20-12-5-1-2-6-13(12)21-14(16,17)18/h1-7H. The Labute approximate surface area is 126 Å². The van der Waals surface area contributed by atoms with Gasteiger partial charge in [0.2, 0.25) is 0 Å². The number of nitriles is 1. The second kappa shape index (κ2) is 6.06. The third-order valence-corrected chi connectivity index (χ3v) is 3.04. The van der Waals surface area contributed by atoms with Crippen LogP contribution in [-0.4, -0.2) is 6.36 Å². The first-order valence-corrected chi connectivity index (χ1v) is 6.41. The van der Waals surface area contributed by atoms with E-state index in [0.717, 1.165) is 6.07 Å². The second-order valence-electron chi connectivity index (χ2n) is 3.82. The molecule has 0 aliphatic rings. The minimum atomic E-state index is -4.82. The van der Waals surface area contributed by atoms with Crippen LogP contribution in [0.25, 0.3) is 0 Å². The highest BCUT2D eigenvalue weighted by atomic mass is 79.9. The molecule has 0 spiro atoms. The van der Waals surface area contributed by atoms with Gasteiger partial charge in [0, 0.05) is 4.47 Å². The van der Waals surface area contributed by atoms with Gasteiger partial charge in [-0.2, -0.15) is 5.26 Å². The van der Waals surface area contributed by atoms with Crippen LogP contribution in [-0.2, 0) is 0 Å². The number of benzene rings is 2. The summed E-state index contributed by atoms with van der Waals surface area (Å²) in [4.78, 5) is 0. The molecule has 0 heterocycles. The molecule has 0 N–H and O–H groups in total. The molecular weight excluding hydrogens is 351 g/mol. The highest BCUT2D eigenvalue weighted by Crippen LogP contribution is 2.37. The molecule has 0 aromatic heterocycles. The van der Waals surface area contributed by atoms with Crippen molar-refractivity contribution in [3.8, 4) is 23.3 Å². The topological polar surface area (TPSA) is 42.2 Å². The van der Waals surface area contributed by atoms with Crippen molar-refractivity contribution in [2.75, 3.05) is 0 Å². The van der Waals surface area contributed by atoms with Crippen LogP contribution < -0.4 is 9.47 Å². The molecule has 0 aliphatic heterocycles. The average molecular weight is 358 g/mol. The molecule has 2 aromatic carbocycles. The van der Waals surface area contributed by atoms with Crippen molar-refractivity contribution in [1.82, 2.24) is 0 Å². The first-order valence-electron chi connectivity index (χ1n) is 5.62. The van der Waals surface area contributed by atoms with Gasteiger partial charge in [-0.25, -0.2) is 0 Å². The molecule has 0 amide bonds. The van der Waals surface area contributed by atoms with Crippen LogP contribution in [0.3, 0.4) is 0 Å². The summed E-state index contributed by atoms with van der Waals surface area (Å²) < 4.78 is 46.7. The van der Waals surface area contributed by atoms with E-state index in [-0.39, 0.29) is 17.1 Å². The van der Waals surface area contributed by atoms with Gasteiger partial charge in [-0.15, -0.1) is 13.2 Å². The maximum atomic E-state index is 12.3. The van der Waals surface area contributed by atoms with Crippen molar-refractivity contribution in [1.29, 1.82) is 5.26 Å². The van der Waals surface area contributed by atoms with Crippen LogP contribution in [0.15, 0.2) is 46.9 Å². The van der Waals surface area contributed by atoms with E-state index < -0.39 is 12.1 Å². The van der Waals surface area contributed by atoms with E-state index in [9.17, 15) is 13.2 Å². The van der Waals surface area contributed by atoms with Crippen molar-refractivity contribution in [3.05, 3.63) is 52.5 Å². The molecule has 21 heavy (non-hydrogen) atoms. The predicted octanol–water partition coefficient (Wildman–Crippen LogP) is 5.01. The lowest BCUT2D eigenvalue weighted by molar-refractivity contribution is -0.275. The number of hydrogen-bond acceptors (Lipinski definition) is 3. The average Bonchev–Trinajstić information content (AvgIpc) is 2.40. The highest BCUT2D eigenvalue weighted by Gasteiger charge is 2.32. The number of hydrogen-bond donors (Lipinski definition) is 0. The van der Waals surface area contributed by atoms with Gasteiger partial charge in [-0.3, -0.25) is 0 Å². The zero-order valence-corrected chi connectivity index (χ0v) is 11.9. The molecule has 0 unspecified atom stereocenters. The van der Waals surface area contributed by atoms with Gasteiger partial charge in [-0.1, -0.05) is 18.2 Å². The van der Waals surface area contributed by atoms with Gasteiger partial charge in [0.15, 0.2) is 11.5 Å². The Morgan fingerprint density at radius 1 is 0.952 bits per heavy atom. The Balaban J connectivity index is 2.37. The molecule has 0 aliphatic carbocycles. The van der Waals surface area contributed by atoms with Crippen LogP contribution in [0.1, 0.15) is 5.56 Å². The van der Waals surface area contributed by atoms with E-state index in [4.69, 9.17) is 10.00 Å². The Hall–Kier alpha value is -2.20. The largest absolute Gasteiger partial charge is 0.573 e. The lowest BCUT2D eigenvalue weighted by Gasteiger charge is -2.14. The molecule has 0 fully saturated rings. The number of halogens is 4. The van der Waals surface area contributed by atoms with Crippen LogP contribution in [0.2, 0.25) is 0 Å². The van der Waals surface area contributed by atoms with E-state index in [1.807, 2.05) is 6.07 Å². The maximum absolute atomic E-state index is 12.3. The van der Waals surface area contributed by atoms with Gasteiger partial charge in [0.05, 0.1) is 0 Å². The van der Waals surface area contributed by atoms with Crippen LogP contribution in [0.5, 0.6) is 17.2 Å². The Morgan fingerprint density at radius 2 is 1.57 bits per heavy atom. The monoisotopic (exact) mass is 357 g/mol. The summed E-state index contributed by atoms with van der Waals surface area (Å²) in [5.41, 5.74) is 0.180. The van der Waals surface area contributed by atoms with E-state index in [1.54, 1.807) is 12.1 Å². The van der Waals surface area contributed by atoms with Crippen molar-refractivity contribution in [2.24, 2.45) is 0 Å². The van der Waals surface area contributed by atoms with E-state index >= 15 is 0 Å². The fraction of sp³-hybridized carbons (Fsp3) is 0.0714. The van der Waals surface area contributed by atoms with E-state index in [0.29, 0.717) is 4.47 Å². The molecule has 0 saturated heterocycles. The lowest BCUT2D eigenvalue weighted by atomic mass is 10.2. The predicted molar refractivity (Wildman–Crippen MR) is 72.1 cm³/mol. The summed E-state index contributed by atoms with van der Waals surface area (Å²) in [6.07, 6.45) is -4.82. The summed E-state index contributed by atoms with van der Waals surface area (Å²) >= 11 is 3.17. The number of alkyl halides is 3. The first kappa shape index (κ1) is 15.2. The maximum Gasteiger partial charge on any atom is 0.573 e. The second-order valence-corrected chi connectivity index (χ2v) is 4.68. The molecule has 108 valence electrons. The zero-order valence-electron chi connectivity index (χ0n) is 10.3.